The van der Waals surface area contributed by atoms with Crippen LogP contribution in [0.5, 0.6) is 0 Å². The molecule has 1 fully saturated rings. The molecule has 0 atom stereocenters. The van der Waals surface area contributed by atoms with Crippen LogP contribution in [-0.4, -0.2) is 34.6 Å². The lowest BCUT2D eigenvalue weighted by Gasteiger charge is -2.15. The molecule has 0 bridgehead atoms. The first-order valence-corrected chi connectivity index (χ1v) is 8.31. The monoisotopic (exact) mass is 312 g/mol. The number of methoxy groups -OCH3 is 1. The van der Waals surface area contributed by atoms with Gasteiger partial charge in [0.1, 0.15) is 0 Å². The average Bonchev–Trinajstić information content (AvgIpc) is 3.22. The summed E-state index contributed by atoms with van der Waals surface area (Å²) in [5.41, 5.74) is 0.438. The second kappa shape index (κ2) is 6.13. The quantitative estimate of drug-likeness (QED) is 0.781. The standard InChI is InChI=1S/C14H20N2O4S/c1-20-8-7-14(5-6-14)10-16-13(17)11-3-2-4-12(9-11)21(15,18)19/h2-4,9H,5-8,10H2,1H3,(H,16,17)(H2,15,18,19). The zero-order valence-corrected chi connectivity index (χ0v) is 12.8. The number of ether oxygens (including phenoxy) is 1. The van der Waals surface area contributed by atoms with Gasteiger partial charge < -0.3 is 10.1 Å². The van der Waals surface area contributed by atoms with Crippen LogP contribution in [0.2, 0.25) is 0 Å². The van der Waals surface area contributed by atoms with Gasteiger partial charge in [-0.1, -0.05) is 6.07 Å². The topological polar surface area (TPSA) is 98.5 Å². The highest BCUT2D eigenvalue weighted by molar-refractivity contribution is 7.89. The zero-order chi connectivity index (χ0) is 15.5. The number of rotatable bonds is 7. The van der Waals surface area contributed by atoms with Crippen molar-refractivity contribution in [1.82, 2.24) is 5.32 Å². The van der Waals surface area contributed by atoms with Crippen LogP contribution >= 0.6 is 0 Å². The second-order valence-corrected chi connectivity index (χ2v) is 7.06. The van der Waals surface area contributed by atoms with Gasteiger partial charge in [-0.05, 0) is 42.9 Å². The van der Waals surface area contributed by atoms with Crippen molar-refractivity contribution >= 4 is 15.9 Å². The molecule has 7 heteroatoms. The highest BCUT2D eigenvalue weighted by Gasteiger charge is 2.42. The van der Waals surface area contributed by atoms with Gasteiger partial charge in [0.05, 0.1) is 4.90 Å². The van der Waals surface area contributed by atoms with E-state index in [-0.39, 0.29) is 16.2 Å². The van der Waals surface area contributed by atoms with E-state index in [0.717, 1.165) is 19.3 Å². The number of carbonyl (C=O) groups is 1. The minimum absolute atomic E-state index is 0.0596. The van der Waals surface area contributed by atoms with E-state index in [1.807, 2.05) is 0 Å². The first kappa shape index (κ1) is 15.9. The first-order valence-electron chi connectivity index (χ1n) is 6.76. The van der Waals surface area contributed by atoms with Crippen molar-refractivity contribution in [2.45, 2.75) is 24.2 Å². The SMILES string of the molecule is COCCC1(CNC(=O)c2cccc(S(N)(=O)=O)c2)CC1. The molecular weight excluding hydrogens is 292 g/mol. The summed E-state index contributed by atoms with van der Waals surface area (Å²) in [5, 5.41) is 7.92. The number of nitrogens with two attached hydrogens (primary N) is 1. The molecular formula is C14H20N2O4S. The highest BCUT2D eigenvalue weighted by Crippen LogP contribution is 2.48. The number of sulfonamides is 1. The minimum Gasteiger partial charge on any atom is -0.385 e. The van der Waals surface area contributed by atoms with Crippen LogP contribution in [0.4, 0.5) is 0 Å². The molecule has 1 amide bonds. The molecule has 1 aliphatic rings. The van der Waals surface area contributed by atoms with Crippen LogP contribution in [0.15, 0.2) is 29.2 Å². The van der Waals surface area contributed by atoms with E-state index >= 15 is 0 Å². The number of nitrogens with one attached hydrogen (secondary N) is 1. The maximum absolute atomic E-state index is 12.1. The molecule has 3 N–H and O–H groups in total. The second-order valence-electron chi connectivity index (χ2n) is 5.50. The van der Waals surface area contributed by atoms with Crippen LogP contribution in [0.1, 0.15) is 29.6 Å². The van der Waals surface area contributed by atoms with Crippen molar-refractivity contribution in [2.24, 2.45) is 10.6 Å². The maximum atomic E-state index is 12.1. The lowest BCUT2D eigenvalue weighted by atomic mass is 10.0. The molecule has 0 heterocycles. The van der Waals surface area contributed by atoms with E-state index in [0.29, 0.717) is 18.7 Å². The Balaban J connectivity index is 1.98. The van der Waals surface area contributed by atoms with Gasteiger partial charge in [0, 0.05) is 25.8 Å². The molecule has 6 nitrogen and oxygen atoms in total. The Bertz CT molecular complexity index is 624. The summed E-state index contributed by atoms with van der Waals surface area (Å²) in [6, 6.07) is 5.73. The fourth-order valence-corrected chi connectivity index (χ4v) is 2.75. The van der Waals surface area contributed by atoms with Crippen molar-refractivity contribution in [3.05, 3.63) is 29.8 Å². The number of amides is 1. The van der Waals surface area contributed by atoms with Gasteiger partial charge in [-0.25, -0.2) is 13.6 Å². The van der Waals surface area contributed by atoms with E-state index in [2.05, 4.69) is 5.32 Å². The fraction of sp³-hybridized carbons (Fsp3) is 0.500. The molecule has 21 heavy (non-hydrogen) atoms. The maximum Gasteiger partial charge on any atom is 0.251 e. The molecule has 0 aliphatic heterocycles. The van der Waals surface area contributed by atoms with Crippen molar-refractivity contribution in [3.8, 4) is 0 Å². The van der Waals surface area contributed by atoms with E-state index in [1.54, 1.807) is 13.2 Å². The number of carbonyl (C=O) groups excluding carboxylic acids is 1. The third-order valence-electron chi connectivity index (χ3n) is 3.84. The van der Waals surface area contributed by atoms with Crippen molar-refractivity contribution in [2.75, 3.05) is 20.3 Å². The minimum atomic E-state index is -3.80. The van der Waals surface area contributed by atoms with Gasteiger partial charge >= 0.3 is 0 Å². The predicted octanol–water partition coefficient (Wildman–Crippen LogP) is 0.880. The third-order valence-corrected chi connectivity index (χ3v) is 4.75. The van der Waals surface area contributed by atoms with Crippen molar-refractivity contribution < 1.29 is 17.9 Å². The van der Waals surface area contributed by atoms with Crippen LogP contribution in [-0.2, 0) is 14.8 Å². The number of hydrogen-bond acceptors (Lipinski definition) is 4. The molecule has 1 aromatic carbocycles. The molecule has 116 valence electrons. The van der Waals surface area contributed by atoms with Crippen molar-refractivity contribution in [1.29, 1.82) is 0 Å². The summed E-state index contributed by atoms with van der Waals surface area (Å²) >= 11 is 0. The number of hydrogen-bond donors (Lipinski definition) is 2. The Morgan fingerprint density at radius 2 is 2.14 bits per heavy atom. The Hall–Kier alpha value is -1.44. The Morgan fingerprint density at radius 3 is 2.71 bits per heavy atom. The lowest BCUT2D eigenvalue weighted by molar-refractivity contribution is 0.0937. The first-order chi connectivity index (χ1) is 9.86. The van der Waals surface area contributed by atoms with E-state index < -0.39 is 10.0 Å². The fourth-order valence-electron chi connectivity index (χ4n) is 2.19. The van der Waals surface area contributed by atoms with Gasteiger partial charge in [0.15, 0.2) is 0 Å². The van der Waals surface area contributed by atoms with Crippen LogP contribution in [0.25, 0.3) is 0 Å². The highest BCUT2D eigenvalue weighted by atomic mass is 32.2. The van der Waals surface area contributed by atoms with Gasteiger partial charge in [0.2, 0.25) is 10.0 Å². The van der Waals surface area contributed by atoms with Crippen LogP contribution < -0.4 is 10.5 Å². The summed E-state index contributed by atoms with van der Waals surface area (Å²) in [6.45, 7) is 1.26. The Kier molecular flexibility index (Phi) is 4.65. The smallest absolute Gasteiger partial charge is 0.251 e. The molecule has 2 rings (SSSR count). The predicted molar refractivity (Wildman–Crippen MR) is 78.3 cm³/mol. The van der Waals surface area contributed by atoms with E-state index in [9.17, 15) is 13.2 Å². The van der Waals surface area contributed by atoms with E-state index in [1.165, 1.54) is 18.2 Å². The summed E-state index contributed by atoms with van der Waals surface area (Å²) in [6.07, 6.45) is 3.07. The molecule has 0 aromatic heterocycles. The van der Waals surface area contributed by atoms with Crippen LogP contribution in [0, 0.1) is 5.41 Å². The molecule has 0 saturated heterocycles. The summed E-state index contributed by atoms with van der Waals surface area (Å²) in [5.74, 6) is -0.288. The lowest BCUT2D eigenvalue weighted by Crippen LogP contribution is -2.31. The normalized spacial score (nSPS) is 16.5. The number of primary sulfonamides is 1. The summed E-state index contributed by atoms with van der Waals surface area (Å²) in [4.78, 5) is 12.0. The Morgan fingerprint density at radius 1 is 1.43 bits per heavy atom. The molecule has 0 spiro atoms. The average molecular weight is 312 g/mol. The summed E-state index contributed by atoms with van der Waals surface area (Å²) in [7, 11) is -2.14. The van der Waals surface area contributed by atoms with Gasteiger partial charge in [-0.2, -0.15) is 0 Å². The number of benzene rings is 1. The molecule has 1 aromatic rings. The summed E-state index contributed by atoms with van der Waals surface area (Å²) < 4.78 is 27.6. The van der Waals surface area contributed by atoms with Gasteiger partial charge in [-0.3, -0.25) is 4.79 Å². The molecule has 0 radical (unpaired) electrons. The van der Waals surface area contributed by atoms with Crippen LogP contribution in [0.3, 0.4) is 0 Å². The molecule has 0 unspecified atom stereocenters. The third kappa shape index (κ3) is 4.26. The van der Waals surface area contributed by atoms with Gasteiger partial charge in [-0.15, -0.1) is 0 Å². The van der Waals surface area contributed by atoms with Crippen molar-refractivity contribution in [3.63, 3.8) is 0 Å². The van der Waals surface area contributed by atoms with Gasteiger partial charge in [0.25, 0.3) is 5.91 Å². The zero-order valence-electron chi connectivity index (χ0n) is 12.0. The molecule has 1 saturated carbocycles. The Labute approximate surface area is 124 Å². The van der Waals surface area contributed by atoms with E-state index in [4.69, 9.17) is 9.88 Å². The molecule has 1 aliphatic carbocycles. The largest absolute Gasteiger partial charge is 0.385 e.